The summed E-state index contributed by atoms with van der Waals surface area (Å²) >= 11 is 0. The molecule has 0 atom stereocenters. The maximum Gasteiger partial charge on any atom is 0.171 e. The lowest BCUT2D eigenvalue weighted by atomic mass is 9.94. The van der Waals surface area contributed by atoms with Crippen LogP contribution in [0, 0.1) is 0 Å². The summed E-state index contributed by atoms with van der Waals surface area (Å²) in [5.41, 5.74) is 6.60. The van der Waals surface area contributed by atoms with Crippen molar-refractivity contribution < 1.29 is 4.57 Å². The molecular formula is C54H35N2OP. The van der Waals surface area contributed by atoms with E-state index in [-0.39, 0.29) is 0 Å². The monoisotopic (exact) mass is 758 g/mol. The summed E-state index contributed by atoms with van der Waals surface area (Å²) in [5, 5.41) is 13.9. The topological polar surface area (TPSA) is 26.9 Å². The van der Waals surface area contributed by atoms with Crippen molar-refractivity contribution in [3.8, 4) is 11.4 Å². The number of rotatable bonds is 5. The number of benzene rings is 10. The third kappa shape index (κ3) is 4.72. The van der Waals surface area contributed by atoms with Crippen LogP contribution in [0.3, 0.4) is 0 Å². The molecule has 0 fully saturated rings. The molecule has 3 nitrogen and oxygen atoms in total. The van der Waals surface area contributed by atoms with Crippen molar-refractivity contribution in [2.45, 2.75) is 0 Å². The first-order valence-corrected chi connectivity index (χ1v) is 21.5. The Morgan fingerprint density at radius 3 is 1.02 bits per heavy atom. The highest BCUT2D eigenvalue weighted by Crippen LogP contribution is 2.47. The van der Waals surface area contributed by atoms with E-state index in [4.69, 9.17) is 0 Å². The zero-order valence-corrected chi connectivity index (χ0v) is 32.4. The molecule has 0 aliphatic carbocycles. The van der Waals surface area contributed by atoms with Crippen molar-refractivity contribution in [1.29, 1.82) is 0 Å². The number of para-hydroxylation sites is 4. The van der Waals surface area contributed by atoms with Gasteiger partial charge in [-0.25, -0.2) is 0 Å². The third-order valence-corrected chi connectivity index (χ3v) is 15.2. The second-order valence-electron chi connectivity index (χ2n) is 15.2. The molecule has 12 rings (SSSR count). The normalized spacial score (nSPS) is 12.2. The summed E-state index contributed by atoms with van der Waals surface area (Å²) in [6.45, 7) is 0. The smallest absolute Gasteiger partial charge is 0.171 e. The Morgan fingerprint density at radius 2 is 0.569 bits per heavy atom. The number of hydrogen-bond acceptors (Lipinski definition) is 1. The lowest BCUT2D eigenvalue weighted by molar-refractivity contribution is 0.592. The van der Waals surface area contributed by atoms with Crippen LogP contribution >= 0.6 is 7.14 Å². The molecule has 272 valence electrons. The van der Waals surface area contributed by atoms with Crippen LogP contribution < -0.4 is 15.9 Å². The van der Waals surface area contributed by atoms with Crippen LogP contribution in [0.4, 0.5) is 0 Å². The molecule has 0 bridgehead atoms. The van der Waals surface area contributed by atoms with Gasteiger partial charge in [0, 0.05) is 48.8 Å². The van der Waals surface area contributed by atoms with Gasteiger partial charge in [-0.2, -0.15) is 0 Å². The molecule has 10 aromatic carbocycles. The van der Waals surface area contributed by atoms with Crippen LogP contribution in [-0.4, -0.2) is 9.13 Å². The van der Waals surface area contributed by atoms with Crippen molar-refractivity contribution in [3.05, 3.63) is 212 Å². The van der Waals surface area contributed by atoms with Crippen LogP contribution in [0.5, 0.6) is 0 Å². The molecule has 0 spiro atoms. The Bertz CT molecular complexity index is 3460. The third-order valence-electron chi connectivity index (χ3n) is 12.2. The molecule has 0 saturated heterocycles. The Labute approximate surface area is 335 Å². The standard InChI is InChI=1S/C54H35N2OP/c57-58(38-27-30-45-43-21-8-7-19-41(43)42-20-9-10-22-44(42)48(45)33-38,39-28-31-53-49(34-39)46-23-11-13-25-51(46)55(53)36-15-3-1-4-16-36)40-29-32-54-50(35-40)47-24-12-14-26-52(47)56(54)37-17-5-2-6-18-37/h1-35H. The maximum absolute atomic E-state index is 17.0. The summed E-state index contributed by atoms with van der Waals surface area (Å²) in [7, 11) is -3.53. The number of nitrogens with zero attached hydrogens (tertiary/aromatic N) is 2. The average molecular weight is 759 g/mol. The lowest BCUT2D eigenvalue weighted by Crippen LogP contribution is -2.25. The minimum atomic E-state index is -3.53. The fourth-order valence-corrected chi connectivity index (χ4v) is 12.2. The maximum atomic E-state index is 17.0. The van der Waals surface area contributed by atoms with E-state index in [1.165, 1.54) is 16.2 Å². The van der Waals surface area contributed by atoms with Gasteiger partial charge in [0.1, 0.15) is 0 Å². The zero-order valence-electron chi connectivity index (χ0n) is 31.5. The van der Waals surface area contributed by atoms with E-state index in [1.54, 1.807) is 0 Å². The van der Waals surface area contributed by atoms with Gasteiger partial charge in [0.15, 0.2) is 7.14 Å². The van der Waals surface area contributed by atoms with Gasteiger partial charge in [-0.1, -0.05) is 133 Å². The van der Waals surface area contributed by atoms with Gasteiger partial charge < -0.3 is 13.7 Å². The summed E-state index contributed by atoms with van der Waals surface area (Å²) in [4.78, 5) is 0. The molecule has 0 aliphatic heterocycles. The highest BCUT2D eigenvalue weighted by Gasteiger charge is 2.32. The van der Waals surface area contributed by atoms with E-state index in [1.807, 2.05) is 0 Å². The molecule has 0 unspecified atom stereocenters. The van der Waals surface area contributed by atoms with E-state index in [2.05, 4.69) is 221 Å². The number of fused-ring (bicyclic) bond motifs is 12. The van der Waals surface area contributed by atoms with Gasteiger partial charge in [-0.3, -0.25) is 0 Å². The van der Waals surface area contributed by atoms with Gasteiger partial charge in [0.2, 0.25) is 0 Å². The van der Waals surface area contributed by atoms with Crippen LogP contribution in [-0.2, 0) is 4.57 Å². The van der Waals surface area contributed by atoms with Crippen LogP contribution in [0.15, 0.2) is 212 Å². The highest BCUT2D eigenvalue weighted by molar-refractivity contribution is 7.85. The first-order valence-electron chi connectivity index (χ1n) is 19.8. The van der Waals surface area contributed by atoms with Crippen molar-refractivity contribution in [3.63, 3.8) is 0 Å². The first kappa shape index (κ1) is 33.0. The van der Waals surface area contributed by atoms with Crippen LogP contribution in [0.1, 0.15) is 0 Å². The highest BCUT2D eigenvalue weighted by atomic mass is 31.2. The largest absolute Gasteiger partial charge is 0.309 e. The molecule has 2 aromatic heterocycles. The average Bonchev–Trinajstić information content (AvgIpc) is 3.81. The van der Waals surface area contributed by atoms with E-state index < -0.39 is 7.14 Å². The lowest BCUT2D eigenvalue weighted by Gasteiger charge is -2.22. The van der Waals surface area contributed by atoms with E-state index in [9.17, 15) is 0 Å². The summed E-state index contributed by atoms with van der Waals surface area (Å²) in [6, 6.07) is 74.9. The Hall–Kier alpha value is -7.19. The molecule has 0 saturated carbocycles. The number of aromatic nitrogens is 2. The quantitative estimate of drug-likeness (QED) is 0.127. The minimum absolute atomic E-state index is 0.812. The summed E-state index contributed by atoms with van der Waals surface area (Å²) < 4.78 is 21.6. The van der Waals surface area contributed by atoms with Crippen molar-refractivity contribution in [2.24, 2.45) is 0 Å². The predicted octanol–water partition coefficient (Wildman–Crippen LogP) is 13.0. The number of hydrogen-bond donors (Lipinski definition) is 0. The molecule has 58 heavy (non-hydrogen) atoms. The Morgan fingerprint density at radius 1 is 0.259 bits per heavy atom. The fraction of sp³-hybridized carbons (Fsp3) is 0. The molecule has 0 amide bonds. The van der Waals surface area contributed by atoms with E-state index in [0.29, 0.717) is 0 Å². The Kier molecular flexibility index (Phi) is 7.20. The second-order valence-corrected chi connectivity index (χ2v) is 18.0. The fourth-order valence-electron chi connectivity index (χ4n) is 9.56. The summed E-state index contributed by atoms with van der Waals surface area (Å²) in [6.07, 6.45) is 0. The SMILES string of the molecule is O=P(c1ccc2c3ccccc3c3ccccc3c2c1)(c1ccc2c(c1)c1ccccc1n2-c1ccccc1)c1ccc2c(c1)c1ccccc1n2-c1ccccc1. The second kappa shape index (κ2) is 12.7. The molecular weight excluding hydrogens is 724 g/mol. The molecule has 12 aromatic rings. The molecule has 0 N–H and O–H groups in total. The van der Waals surface area contributed by atoms with Crippen molar-refractivity contribution >= 4 is 99.0 Å². The van der Waals surface area contributed by atoms with Crippen LogP contribution in [0.25, 0.3) is 87.3 Å². The zero-order chi connectivity index (χ0) is 38.4. The van der Waals surface area contributed by atoms with Gasteiger partial charge in [0.25, 0.3) is 0 Å². The summed E-state index contributed by atoms with van der Waals surface area (Å²) in [5.74, 6) is 0. The van der Waals surface area contributed by atoms with Gasteiger partial charge >= 0.3 is 0 Å². The Balaban J connectivity index is 1.17. The minimum Gasteiger partial charge on any atom is -0.309 e. The molecule has 4 heteroatoms. The molecule has 2 heterocycles. The first-order chi connectivity index (χ1) is 28.7. The van der Waals surface area contributed by atoms with Crippen LogP contribution in [0.2, 0.25) is 0 Å². The van der Waals surface area contributed by atoms with Gasteiger partial charge in [-0.15, -0.1) is 0 Å². The van der Waals surface area contributed by atoms with Gasteiger partial charge in [-0.05, 0) is 111 Å². The van der Waals surface area contributed by atoms with Crippen molar-refractivity contribution in [2.75, 3.05) is 0 Å². The van der Waals surface area contributed by atoms with Gasteiger partial charge in [0.05, 0.1) is 22.1 Å². The molecule has 0 aliphatic rings. The van der Waals surface area contributed by atoms with Crippen molar-refractivity contribution in [1.82, 2.24) is 9.13 Å². The van der Waals surface area contributed by atoms with E-state index >= 15 is 4.57 Å². The predicted molar refractivity (Wildman–Crippen MR) is 247 cm³/mol. The molecule has 0 radical (unpaired) electrons. The van der Waals surface area contributed by atoms with E-state index in [0.717, 1.165) is 87.1 Å².